The maximum absolute atomic E-state index is 11.3. The van der Waals surface area contributed by atoms with Crippen molar-refractivity contribution in [1.82, 2.24) is 4.90 Å². The van der Waals surface area contributed by atoms with Crippen LogP contribution >= 0.6 is 0 Å². The summed E-state index contributed by atoms with van der Waals surface area (Å²) in [5.41, 5.74) is 1.82. The minimum Gasteiger partial charge on any atom is -0.480 e. The van der Waals surface area contributed by atoms with Gasteiger partial charge in [0.1, 0.15) is 11.3 Å². The Morgan fingerprint density at radius 1 is 1.47 bits per heavy atom. The van der Waals surface area contributed by atoms with Gasteiger partial charge < -0.3 is 9.52 Å². The summed E-state index contributed by atoms with van der Waals surface area (Å²) < 4.78 is 5.71. The van der Waals surface area contributed by atoms with E-state index >= 15 is 0 Å². The summed E-state index contributed by atoms with van der Waals surface area (Å²) in [7, 11) is 1.81. The fraction of sp³-hybridized carbons (Fsp3) is 0.308. The standard InChI is InChI=1S/C13H13NO3/c1-14-7-6-9-8-4-2-3-5-10(8)17-12(9)11(14)13(15)16/h2-5,11H,6-7H2,1H3,(H,15,16). The molecule has 3 rings (SSSR count). The molecular weight excluding hydrogens is 218 g/mol. The summed E-state index contributed by atoms with van der Waals surface area (Å²) in [5.74, 6) is -0.264. The van der Waals surface area contributed by atoms with Crippen molar-refractivity contribution in [3.05, 3.63) is 35.6 Å². The van der Waals surface area contributed by atoms with E-state index in [4.69, 9.17) is 4.42 Å². The Hall–Kier alpha value is -1.81. The molecule has 17 heavy (non-hydrogen) atoms. The van der Waals surface area contributed by atoms with Crippen LogP contribution in [0.1, 0.15) is 17.4 Å². The number of furan rings is 1. The monoisotopic (exact) mass is 231 g/mol. The van der Waals surface area contributed by atoms with E-state index in [-0.39, 0.29) is 0 Å². The molecule has 0 amide bonds. The Kier molecular flexibility index (Phi) is 2.19. The molecule has 1 aromatic carbocycles. The van der Waals surface area contributed by atoms with Crippen molar-refractivity contribution in [3.8, 4) is 0 Å². The first-order chi connectivity index (χ1) is 8.18. The van der Waals surface area contributed by atoms with E-state index in [0.29, 0.717) is 5.76 Å². The molecular formula is C13H13NO3. The number of fused-ring (bicyclic) bond motifs is 3. The lowest BCUT2D eigenvalue weighted by Gasteiger charge is -2.28. The number of likely N-dealkylation sites (N-methyl/N-ethyl adjacent to an activating group) is 1. The van der Waals surface area contributed by atoms with E-state index in [9.17, 15) is 9.90 Å². The predicted molar refractivity (Wildman–Crippen MR) is 62.9 cm³/mol. The average Bonchev–Trinajstić information content (AvgIpc) is 2.66. The highest BCUT2D eigenvalue weighted by Crippen LogP contribution is 2.36. The molecule has 88 valence electrons. The molecule has 1 aliphatic heterocycles. The number of aliphatic carboxylic acids is 1. The molecule has 0 bridgehead atoms. The van der Waals surface area contributed by atoms with Crippen LogP contribution in [0.15, 0.2) is 28.7 Å². The molecule has 0 radical (unpaired) electrons. The fourth-order valence-electron chi connectivity index (χ4n) is 2.51. The molecule has 4 nitrogen and oxygen atoms in total. The molecule has 2 heterocycles. The number of carbonyl (C=O) groups is 1. The third-order valence-corrected chi connectivity index (χ3v) is 3.37. The SMILES string of the molecule is CN1CCc2c(oc3ccccc23)C1C(=O)O. The molecule has 1 aliphatic rings. The number of carboxylic acids is 1. The second-order valence-electron chi connectivity index (χ2n) is 4.41. The topological polar surface area (TPSA) is 53.7 Å². The van der Waals surface area contributed by atoms with Crippen molar-refractivity contribution < 1.29 is 14.3 Å². The normalized spacial score (nSPS) is 20.4. The van der Waals surface area contributed by atoms with E-state index in [1.165, 1.54) is 0 Å². The van der Waals surface area contributed by atoms with Gasteiger partial charge in [-0.15, -0.1) is 0 Å². The van der Waals surface area contributed by atoms with Gasteiger partial charge in [-0.2, -0.15) is 0 Å². The zero-order valence-corrected chi connectivity index (χ0v) is 9.51. The van der Waals surface area contributed by atoms with Crippen molar-refractivity contribution in [2.24, 2.45) is 0 Å². The fourth-order valence-corrected chi connectivity index (χ4v) is 2.51. The minimum absolute atomic E-state index is 0.590. The third kappa shape index (κ3) is 1.45. The maximum Gasteiger partial charge on any atom is 0.328 e. The van der Waals surface area contributed by atoms with Crippen LogP contribution in [0.4, 0.5) is 0 Å². The average molecular weight is 231 g/mol. The molecule has 4 heteroatoms. The van der Waals surface area contributed by atoms with E-state index in [2.05, 4.69) is 0 Å². The molecule has 0 saturated heterocycles. The van der Waals surface area contributed by atoms with Crippen molar-refractivity contribution in [3.63, 3.8) is 0 Å². The number of benzene rings is 1. The Balaban J connectivity index is 2.25. The summed E-state index contributed by atoms with van der Waals surface area (Å²) in [4.78, 5) is 13.1. The summed E-state index contributed by atoms with van der Waals surface area (Å²) in [5, 5.41) is 10.3. The lowest BCUT2D eigenvalue weighted by Crippen LogP contribution is -2.36. The molecule has 1 unspecified atom stereocenters. The number of hydrogen-bond donors (Lipinski definition) is 1. The zero-order valence-electron chi connectivity index (χ0n) is 9.51. The minimum atomic E-state index is -0.854. The highest BCUT2D eigenvalue weighted by Gasteiger charge is 2.35. The Morgan fingerprint density at radius 2 is 2.24 bits per heavy atom. The van der Waals surface area contributed by atoms with Gasteiger partial charge in [-0.05, 0) is 19.5 Å². The first-order valence-corrected chi connectivity index (χ1v) is 5.62. The molecule has 0 spiro atoms. The first-order valence-electron chi connectivity index (χ1n) is 5.62. The summed E-state index contributed by atoms with van der Waals surface area (Å²) in [6.07, 6.45) is 0.840. The first kappa shape index (κ1) is 10.4. The van der Waals surface area contributed by atoms with E-state index in [0.717, 1.165) is 29.5 Å². The van der Waals surface area contributed by atoms with Crippen molar-refractivity contribution >= 4 is 16.9 Å². The Bertz CT molecular complexity index is 587. The molecule has 0 saturated carbocycles. The largest absolute Gasteiger partial charge is 0.480 e. The van der Waals surface area contributed by atoms with Crippen LogP contribution in [0, 0.1) is 0 Å². The third-order valence-electron chi connectivity index (χ3n) is 3.37. The van der Waals surface area contributed by atoms with Crippen LogP contribution in [0.5, 0.6) is 0 Å². The van der Waals surface area contributed by atoms with Crippen LogP contribution in [0.2, 0.25) is 0 Å². The van der Waals surface area contributed by atoms with Gasteiger partial charge in [0.15, 0.2) is 6.04 Å². The van der Waals surface area contributed by atoms with Gasteiger partial charge in [0.05, 0.1) is 0 Å². The molecule has 0 aliphatic carbocycles. The van der Waals surface area contributed by atoms with Gasteiger partial charge in [0.25, 0.3) is 0 Å². The van der Waals surface area contributed by atoms with Gasteiger partial charge in [-0.1, -0.05) is 18.2 Å². The molecule has 1 atom stereocenters. The van der Waals surface area contributed by atoms with Crippen LogP contribution in [0.25, 0.3) is 11.0 Å². The van der Waals surface area contributed by atoms with Gasteiger partial charge in [-0.25, -0.2) is 0 Å². The maximum atomic E-state index is 11.3. The van der Waals surface area contributed by atoms with E-state index in [1.54, 1.807) is 0 Å². The van der Waals surface area contributed by atoms with E-state index in [1.807, 2.05) is 36.2 Å². The quantitative estimate of drug-likeness (QED) is 0.816. The van der Waals surface area contributed by atoms with Crippen LogP contribution in [-0.2, 0) is 11.2 Å². The van der Waals surface area contributed by atoms with Gasteiger partial charge in [0, 0.05) is 17.5 Å². The highest BCUT2D eigenvalue weighted by molar-refractivity contribution is 5.85. The van der Waals surface area contributed by atoms with Crippen molar-refractivity contribution in [2.75, 3.05) is 13.6 Å². The lowest BCUT2D eigenvalue weighted by molar-refractivity contribution is -0.144. The van der Waals surface area contributed by atoms with Crippen molar-refractivity contribution in [1.29, 1.82) is 0 Å². The molecule has 1 N–H and O–H groups in total. The second kappa shape index (κ2) is 3.60. The molecule has 1 aromatic heterocycles. The molecule has 2 aromatic rings. The number of hydrogen-bond acceptors (Lipinski definition) is 3. The van der Waals surface area contributed by atoms with Gasteiger partial charge in [-0.3, -0.25) is 9.69 Å². The smallest absolute Gasteiger partial charge is 0.328 e. The number of rotatable bonds is 1. The van der Waals surface area contributed by atoms with Crippen LogP contribution in [0.3, 0.4) is 0 Å². The number of nitrogens with zero attached hydrogens (tertiary/aromatic N) is 1. The van der Waals surface area contributed by atoms with E-state index < -0.39 is 12.0 Å². The van der Waals surface area contributed by atoms with Crippen LogP contribution < -0.4 is 0 Å². The summed E-state index contributed by atoms with van der Waals surface area (Å²) in [6, 6.07) is 7.06. The number of carboxylic acid groups (broad SMARTS) is 1. The molecule has 0 fully saturated rings. The summed E-state index contributed by atoms with van der Waals surface area (Å²) >= 11 is 0. The highest BCUT2D eigenvalue weighted by atomic mass is 16.4. The Labute approximate surface area is 98.4 Å². The predicted octanol–water partition coefficient (Wildman–Crippen LogP) is 2.05. The Morgan fingerprint density at radius 3 is 3.00 bits per heavy atom. The van der Waals surface area contributed by atoms with Gasteiger partial charge in [0.2, 0.25) is 0 Å². The zero-order chi connectivity index (χ0) is 12.0. The number of para-hydroxylation sites is 1. The van der Waals surface area contributed by atoms with Crippen molar-refractivity contribution in [2.45, 2.75) is 12.5 Å². The van der Waals surface area contributed by atoms with Crippen LogP contribution in [-0.4, -0.2) is 29.6 Å². The lowest BCUT2D eigenvalue weighted by atomic mass is 9.98. The second-order valence-corrected chi connectivity index (χ2v) is 4.41. The van der Waals surface area contributed by atoms with Gasteiger partial charge >= 0.3 is 5.97 Å². The summed E-state index contributed by atoms with van der Waals surface area (Å²) in [6.45, 7) is 0.744.